The van der Waals surface area contributed by atoms with Crippen LogP contribution in [0.25, 0.3) is 0 Å². The van der Waals surface area contributed by atoms with Crippen LogP contribution in [-0.2, 0) is 11.3 Å². The van der Waals surface area contributed by atoms with Crippen molar-refractivity contribution >= 4 is 11.9 Å². The summed E-state index contributed by atoms with van der Waals surface area (Å²) in [6.07, 6.45) is 5.40. The van der Waals surface area contributed by atoms with Gasteiger partial charge in [0.25, 0.3) is 5.91 Å². The van der Waals surface area contributed by atoms with Crippen LogP contribution < -0.4 is 10.6 Å². The number of rotatable bonds is 5. The van der Waals surface area contributed by atoms with Crippen LogP contribution in [-0.4, -0.2) is 55.2 Å². The summed E-state index contributed by atoms with van der Waals surface area (Å²) in [6, 6.07) is 7.60. The van der Waals surface area contributed by atoms with Crippen LogP contribution in [0.1, 0.15) is 36.7 Å². The van der Waals surface area contributed by atoms with Gasteiger partial charge in [0.1, 0.15) is 0 Å². The molecule has 2 rings (SSSR count). The Hall–Kier alpha value is -2.52. The largest absolute Gasteiger partial charge is 0.372 e. The smallest absolute Gasteiger partial charge is 0.254 e. The topological polar surface area (TPSA) is 66.0 Å². The van der Waals surface area contributed by atoms with Gasteiger partial charge < -0.3 is 20.3 Å². The van der Waals surface area contributed by atoms with Crippen molar-refractivity contribution in [2.24, 2.45) is 4.99 Å². The van der Waals surface area contributed by atoms with Gasteiger partial charge in [-0.05, 0) is 38.5 Å². The van der Waals surface area contributed by atoms with E-state index in [0.29, 0.717) is 37.7 Å². The molecule has 1 aliphatic heterocycles. The number of nitrogens with one attached hydrogen (secondary N) is 2. The van der Waals surface area contributed by atoms with Crippen LogP contribution in [0.15, 0.2) is 29.3 Å². The summed E-state index contributed by atoms with van der Waals surface area (Å²) in [5.41, 5.74) is 1.72. The van der Waals surface area contributed by atoms with E-state index in [2.05, 4.69) is 21.5 Å². The fourth-order valence-electron chi connectivity index (χ4n) is 2.93. The van der Waals surface area contributed by atoms with Crippen LogP contribution in [0.3, 0.4) is 0 Å². The van der Waals surface area contributed by atoms with Crippen molar-refractivity contribution in [1.29, 1.82) is 0 Å². The van der Waals surface area contributed by atoms with Crippen molar-refractivity contribution in [3.05, 3.63) is 35.4 Å². The third-order valence-corrected chi connectivity index (χ3v) is 4.03. The van der Waals surface area contributed by atoms with Crippen molar-refractivity contribution in [3.63, 3.8) is 0 Å². The minimum absolute atomic E-state index is 0.0473. The highest BCUT2D eigenvalue weighted by Crippen LogP contribution is 2.15. The number of aliphatic imine (C=N–C) groups is 1. The number of hydrogen-bond acceptors (Lipinski definition) is 3. The Balaban J connectivity index is 1.98. The molecule has 0 aliphatic carbocycles. The van der Waals surface area contributed by atoms with Crippen LogP contribution in [0.5, 0.6) is 0 Å². The maximum absolute atomic E-state index is 12.7. The molecule has 140 valence electrons. The molecule has 2 atom stereocenters. The second-order valence-corrected chi connectivity index (χ2v) is 6.42. The molecule has 1 heterocycles. The van der Waals surface area contributed by atoms with Gasteiger partial charge in [-0.15, -0.1) is 6.42 Å². The molecule has 0 saturated carbocycles. The van der Waals surface area contributed by atoms with Gasteiger partial charge in [0.2, 0.25) is 0 Å². The lowest BCUT2D eigenvalue weighted by atomic mass is 10.1. The molecule has 1 fully saturated rings. The Kier molecular flexibility index (Phi) is 7.49. The normalized spacial score (nSPS) is 20.4. The summed E-state index contributed by atoms with van der Waals surface area (Å²) in [5.74, 6) is 3.26. The number of hydrogen-bond donors (Lipinski definition) is 2. The second-order valence-electron chi connectivity index (χ2n) is 6.42. The van der Waals surface area contributed by atoms with E-state index >= 15 is 0 Å². The molecule has 1 saturated heterocycles. The Morgan fingerprint density at radius 3 is 2.50 bits per heavy atom. The standard InChI is InChI=1S/C20H28N4O2/c1-5-11-22-20(21-6-2)23-12-17-7-9-18(10-8-17)19(25)24-13-15(3)26-16(4)14-24/h1,7-10,15-16H,6,11-14H2,2-4H3,(H2,21,22,23). The van der Waals surface area contributed by atoms with Gasteiger partial charge in [-0.2, -0.15) is 0 Å². The molecule has 26 heavy (non-hydrogen) atoms. The summed E-state index contributed by atoms with van der Waals surface area (Å²) in [5, 5.41) is 6.19. The molecular weight excluding hydrogens is 328 g/mol. The Morgan fingerprint density at radius 2 is 1.92 bits per heavy atom. The molecule has 2 unspecified atom stereocenters. The third-order valence-electron chi connectivity index (χ3n) is 4.03. The van der Waals surface area contributed by atoms with E-state index in [0.717, 1.165) is 12.1 Å². The lowest BCUT2D eigenvalue weighted by Crippen LogP contribution is -2.48. The monoisotopic (exact) mass is 356 g/mol. The van der Waals surface area contributed by atoms with Gasteiger partial charge >= 0.3 is 0 Å². The number of carbonyl (C=O) groups is 1. The van der Waals surface area contributed by atoms with E-state index in [9.17, 15) is 4.79 Å². The minimum Gasteiger partial charge on any atom is -0.372 e. The maximum Gasteiger partial charge on any atom is 0.254 e. The highest BCUT2D eigenvalue weighted by molar-refractivity contribution is 5.94. The lowest BCUT2D eigenvalue weighted by Gasteiger charge is -2.35. The number of ether oxygens (including phenoxy) is 1. The van der Waals surface area contributed by atoms with E-state index in [4.69, 9.17) is 11.2 Å². The van der Waals surface area contributed by atoms with E-state index in [-0.39, 0.29) is 18.1 Å². The lowest BCUT2D eigenvalue weighted by molar-refractivity contribution is -0.0586. The zero-order chi connectivity index (χ0) is 18.9. The van der Waals surface area contributed by atoms with Crippen molar-refractivity contribution in [2.45, 2.75) is 39.5 Å². The Labute approximate surface area is 156 Å². The summed E-state index contributed by atoms with van der Waals surface area (Å²) in [6.45, 7) is 8.95. The van der Waals surface area contributed by atoms with Crippen molar-refractivity contribution < 1.29 is 9.53 Å². The minimum atomic E-state index is 0.0473. The second kappa shape index (κ2) is 9.83. The number of amides is 1. The molecule has 0 radical (unpaired) electrons. The molecule has 1 aromatic rings. The number of carbonyl (C=O) groups excluding carboxylic acids is 1. The number of guanidine groups is 1. The van der Waals surface area contributed by atoms with Crippen LogP contribution >= 0.6 is 0 Å². The highest BCUT2D eigenvalue weighted by atomic mass is 16.5. The van der Waals surface area contributed by atoms with Crippen molar-refractivity contribution in [1.82, 2.24) is 15.5 Å². The molecule has 0 bridgehead atoms. The fourth-order valence-corrected chi connectivity index (χ4v) is 2.93. The van der Waals surface area contributed by atoms with Gasteiger partial charge in [0.05, 0.1) is 25.3 Å². The molecule has 0 spiro atoms. The number of terminal acetylenes is 1. The van der Waals surface area contributed by atoms with E-state index in [1.807, 2.05) is 49.9 Å². The number of morpholine rings is 1. The zero-order valence-corrected chi connectivity index (χ0v) is 15.8. The molecule has 6 nitrogen and oxygen atoms in total. The third kappa shape index (κ3) is 5.78. The quantitative estimate of drug-likeness (QED) is 0.478. The average molecular weight is 356 g/mol. The van der Waals surface area contributed by atoms with Crippen molar-refractivity contribution in [3.8, 4) is 12.3 Å². The first-order valence-corrected chi connectivity index (χ1v) is 9.02. The molecule has 1 aromatic carbocycles. The van der Waals surface area contributed by atoms with Gasteiger partial charge in [0.15, 0.2) is 5.96 Å². The first-order chi connectivity index (χ1) is 12.5. The highest BCUT2D eigenvalue weighted by Gasteiger charge is 2.26. The molecule has 1 amide bonds. The molecular formula is C20H28N4O2. The van der Waals surface area contributed by atoms with Crippen LogP contribution in [0.2, 0.25) is 0 Å². The van der Waals surface area contributed by atoms with Gasteiger partial charge in [-0.1, -0.05) is 18.1 Å². The predicted octanol–water partition coefficient (Wildman–Crippen LogP) is 1.62. The Bertz CT molecular complexity index is 653. The molecule has 2 N–H and O–H groups in total. The first kappa shape index (κ1) is 19.8. The molecule has 0 aromatic heterocycles. The summed E-state index contributed by atoms with van der Waals surface area (Å²) in [7, 11) is 0. The van der Waals surface area contributed by atoms with E-state index in [1.54, 1.807) is 0 Å². The van der Waals surface area contributed by atoms with Gasteiger partial charge in [-0.25, -0.2) is 4.99 Å². The first-order valence-electron chi connectivity index (χ1n) is 9.02. The fraction of sp³-hybridized carbons (Fsp3) is 0.500. The average Bonchev–Trinajstić information content (AvgIpc) is 2.63. The molecule has 1 aliphatic rings. The van der Waals surface area contributed by atoms with Gasteiger partial charge in [-0.3, -0.25) is 4.79 Å². The zero-order valence-electron chi connectivity index (χ0n) is 15.8. The predicted molar refractivity (Wildman–Crippen MR) is 104 cm³/mol. The van der Waals surface area contributed by atoms with E-state index in [1.165, 1.54) is 0 Å². The Morgan fingerprint density at radius 1 is 1.27 bits per heavy atom. The summed E-state index contributed by atoms with van der Waals surface area (Å²) in [4.78, 5) is 19.0. The number of benzene rings is 1. The summed E-state index contributed by atoms with van der Waals surface area (Å²) < 4.78 is 5.69. The SMILES string of the molecule is C#CCNC(=NCc1ccc(C(=O)N2CC(C)OC(C)C2)cc1)NCC. The summed E-state index contributed by atoms with van der Waals surface area (Å²) >= 11 is 0. The number of nitrogens with zero attached hydrogens (tertiary/aromatic N) is 2. The van der Waals surface area contributed by atoms with Crippen LogP contribution in [0.4, 0.5) is 0 Å². The van der Waals surface area contributed by atoms with Gasteiger partial charge in [0, 0.05) is 25.2 Å². The molecule has 6 heteroatoms. The van der Waals surface area contributed by atoms with Crippen LogP contribution in [0, 0.1) is 12.3 Å². The van der Waals surface area contributed by atoms with E-state index < -0.39 is 0 Å². The van der Waals surface area contributed by atoms with Crippen molar-refractivity contribution in [2.75, 3.05) is 26.2 Å². The maximum atomic E-state index is 12.7.